The summed E-state index contributed by atoms with van der Waals surface area (Å²) in [6.07, 6.45) is 14.9. The molecule has 4 aliphatic rings. The fraction of sp³-hybridized carbons (Fsp3) is 0.429. The van der Waals surface area contributed by atoms with Crippen LogP contribution >= 0.6 is 0 Å². The summed E-state index contributed by atoms with van der Waals surface area (Å²) in [5.74, 6) is 0. The van der Waals surface area contributed by atoms with Crippen molar-refractivity contribution in [1.29, 1.82) is 0 Å². The minimum Gasteiger partial charge on any atom is -0.491 e. The third kappa shape index (κ3) is 6.06. The summed E-state index contributed by atoms with van der Waals surface area (Å²) < 4.78 is 11.8. The zero-order chi connectivity index (χ0) is 26.3. The van der Waals surface area contributed by atoms with Crippen LogP contribution in [0.3, 0.4) is 0 Å². The Bertz CT molecular complexity index is 1130. The molecule has 4 saturated carbocycles. The van der Waals surface area contributed by atoms with E-state index < -0.39 is 5.60 Å². The number of hydrogen-bond donors (Lipinski definition) is 1. The van der Waals surface area contributed by atoms with Gasteiger partial charge >= 0.3 is 0 Å². The molecule has 1 N–H and O–H groups in total. The highest BCUT2D eigenvalue weighted by Crippen LogP contribution is 2.48. The molecule has 0 aliphatic heterocycles. The van der Waals surface area contributed by atoms with E-state index in [4.69, 9.17) is 9.47 Å². The van der Waals surface area contributed by atoms with Crippen molar-refractivity contribution >= 4 is 0 Å². The van der Waals surface area contributed by atoms with Crippen LogP contribution in [0.2, 0.25) is 0 Å². The van der Waals surface area contributed by atoms with Gasteiger partial charge in [-0.2, -0.15) is 0 Å². The van der Waals surface area contributed by atoms with Crippen LogP contribution < -0.4 is 0 Å². The highest BCUT2D eigenvalue weighted by molar-refractivity contribution is 5.26. The lowest BCUT2D eigenvalue weighted by Crippen LogP contribution is -2.37. The summed E-state index contributed by atoms with van der Waals surface area (Å²) in [5, 5.41) is 9.88. The predicted molar refractivity (Wildman–Crippen MR) is 154 cm³/mol. The molecule has 200 valence electrons. The largest absolute Gasteiger partial charge is 0.491 e. The molecule has 0 heterocycles. The second kappa shape index (κ2) is 11.9. The standard InChI is InChI=1S/C13H16O.C12H14O.C10H12O/c1-2-5-11(6-3-1)13(9-4-10-13)14-12-7-8-12;1-2-13-12(9-6-10-12)11-7-4-3-5-8-11;11-10(7-4-8-10)9-5-2-1-3-6-9/h1-3,5-6,12H,4,7-10H2;2-5,7-8H,1,6,9-10H2;1-3,5-6,11H,4,7-8H2. The topological polar surface area (TPSA) is 38.7 Å². The summed E-state index contributed by atoms with van der Waals surface area (Å²) in [6.45, 7) is 3.63. The first kappa shape index (κ1) is 26.7. The number of hydrogen-bond acceptors (Lipinski definition) is 3. The van der Waals surface area contributed by atoms with E-state index in [1.54, 1.807) is 6.26 Å². The van der Waals surface area contributed by atoms with E-state index in [9.17, 15) is 5.11 Å². The van der Waals surface area contributed by atoms with Gasteiger partial charge in [-0.15, -0.1) is 0 Å². The minimum atomic E-state index is -0.485. The van der Waals surface area contributed by atoms with Gasteiger partial charge in [-0.3, -0.25) is 0 Å². The van der Waals surface area contributed by atoms with E-state index in [2.05, 4.69) is 61.2 Å². The van der Waals surface area contributed by atoms with Crippen molar-refractivity contribution in [2.45, 2.75) is 93.5 Å². The average Bonchev–Trinajstić information content (AvgIpc) is 3.73. The Morgan fingerprint density at radius 3 is 1.37 bits per heavy atom. The molecule has 0 saturated heterocycles. The molecular formula is C35H42O3. The second-order valence-electron chi connectivity index (χ2n) is 11.3. The number of rotatable bonds is 7. The first-order chi connectivity index (χ1) is 18.6. The van der Waals surface area contributed by atoms with Crippen molar-refractivity contribution in [2.24, 2.45) is 0 Å². The molecule has 0 radical (unpaired) electrons. The first-order valence-electron chi connectivity index (χ1n) is 14.4. The molecule has 0 aromatic heterocycles. The Labute approximate surface area is 228 Å². The molecule has 3 heteroatoms. The van der Waals surface area contributed by atoms with Crippen molar-refractivity contribution in [3.8, 4) is 0 Å². The summed E-state index contributed by atoms with van der Waals surface area (Å²) in [4.78, 5) is 0. The zero-order valence-electron chi connectivity index (χ0n) is 22.6. The Hall–Kier alpha value is -2.88. The van der Waals surface area contributed by atoms with E-state index in [0.717, 1.165) is 37.7 Å². The lowest BCUT2D eigenvalue weighted by molar-refractivity contribution is -0.116. The van der Waals surface area contributed by atoms with Gasteiger partial charge < -0.3 is 14.6 Å². The minimum absolute atomic E-state index is 0.0526. The number of aliphatic hydroxyl groups is 1. The van der Waals surface area contributed by atoms with Crippen molar-refractivity contribution in [3.05, 3.63) is 121 Å². The smallest absolute Gasteiger partial charge is 0.133 e. The lowest BCUT2D eigenvalue weighted by Gasteiger charge is -2.42. The van der Waals surface area contributed by atoms with Gasteiger partial charge in [-0.25, -0.2) is 0 Å². The summed E-state index contributed by atoms with van der Waals surface area (Å²) >= 11 is 0. The van der Waals surface area contributed by atoms with Crippen molar-refractivity contribution < 1.29 is 14.6 Å². The second-order valence-corrected chi connectivity index (χ2v) is 11.3. The van der Waals surface area contributed by atoms with E-state index in [0.29, 0.717) is 6.10 Å². The quantitative estimate of drug-likeness (QED) is 0.324. The van der Waals surface area contributed by atoms with Crippen molar-refractivity contribution in [2.75, 3.05) is 0 Å². The SMILES string of the molecule is C=COC1(c2ccccc2)CCC1.OC1(c2ccccc2)CCC1.c1ccc(C2(OC3CC3)CCC2)cc1. The van der Waals surface area contributed by atoms with Gasteiger partial charge in [0, 0.05) is 0 Å². The summed E-state index contributed by atoms with van der Waals surface area (Å²) in [5.41, 5.74) is 3.30. The van der Waals surface area contributed by atoms with Gasteiger partial charge in [0.25, 0.3) is 0 Å². The Balaban J connectivity index is 0.000000117. The molecule has 0 unspecified atom stereocenters. The molecule has 0 amide bonds. The molecule has 3 aromatic rings. The van der Waals surface area contributed by atoms with E-state index in [1.807, 2.05) is 36.4 Å². The van der Waals surface area contributed by atoms with Crippen LogP contribution in [0.25, 0.3) is 0 Å². The Kier molecular flexibility index (Phi) is 8.35. The van der Waals surface area contributed by atoms with Gasteiger partial charge in [-0.1, -0.05) is 97.6 Å². The fourth-order valence-corrected chi connectivity index (χ4v) is 5.64. The van der Waals surface area contributed by atoms with E-state index in [1.165, 1.54) is 49.7 Å². The van der Waals surface area contributed by atoms with Gasteiger partial charge in [0.1, 0.15) is 5.60 Å². The Morgan fingerprint density at radius 1 is 0.605 bits per heavy atom. The van der Waals surface area contributed by atoms with Crippen LogP contribution in [0.1, 0.15) is 87.3 Å². The normalized spacial score (nSPS) is 21.4. The first-order valence-corrected chi connectivity index (χ1v) is 14.4. The summed E-state index contributed by atoms with van der Waals surface area (Å²) in [7, 11) is 0. The van der Waals surface area contributed by atoms with Crippen LogP contribution in [0, 0.1) is 0 Å². The zero-order valence-corrected chi connectivity index (χ0v) is 22.6. The van der Waals surface area contributed by atoms with Crippen LogP contribution in [-0.4, -0.2) is 11.2 Å². The maximum atomic E-state index is 9.88. The van der Waals surface area contributed by atoms with Crippen molar-refractivity contribution in [3.63, 3.8) is 0 Å². The molecule has 38 heavy (non-hydrogen) atoms. The molecule has 0 bridgehead atoms. The van der Waals surface area contributed by atoms with Gasteiger partial charge in [0.2, 0.25) is 0 Å². The maximum Gasteiger partial charge on any atom is 0.133 e. The van der Waals surface area contributed by atoms with E-state index >= 15 is 0 Å². The van der Waals surface area contributed by atoms with Gasteiger partial charge in [0.05, 0.1) is 23.6 Å². The molecular weight excluding hydrogens is 468 g/mol. The summed E-state index contributed by atoms with van der Waals surface area (Å²) in [6, 6.07) is 31.1. The van der Waals surface area contributed by atoms with Crippen molar-refractivity contribution in [1.82, 2.24) is 0 Å². The Morgan fingerprint density at radius 2 is 1.03 bits per heavy atom. The predicted octanol–water partition coefficient (Wildman–Crippen LogP) is 8.53. The molecule has 4 aliphatic carbocycles. The van der Waals surface area contributed by atoms with Crippen LogP contribution in [0.5, 0.6) is 0 Å². The number of ether oxygens (including phenoxy) is 2. The highest BCUT2D eigenvalue weighted by atomic mass is 16.5. The van der Waals surface area contributed by atoms with Gasteiger partial charge in [-0.05, 0) is 87.3 Å². The molecule has 0 spiro atoms. The van der Waals surface area contributed by atoms with Crippen LogP contribution in [0.15, 0.2) is 104 Å². The third-order valence-electron chi connectivity index (χ3n) is 8.64. The fourth-order valence-electron chi connectivity index (χ4n) is 5.64. The highest BCUT2D eigenvalue weighted by Gasteiger charge is 2.44. The van der Waals surface area contributed by atoms with Crippen LogP contribution in [0.4, 0.5) is 0 Å². The maximum absolute atomic E-state index is 9.88. The monoisotopic (exact) mass is 510 g/mol. The molecule has 3 nitrogen and oxygen atoms in total. The molecule has 0 atom stereocenters. The average molecular weight is 511 g/mol. The molecule has 4 fully saturated rings. The van der Waals surface area contributed by atoms with Crippen LogP contribution in [-0.2, 0) is 26.3 Å². The number of benzene rings is 3. The lowest BCUT2D eigenvalue weighted by atomic mass is 9.75. The third-order valence-corrected chi connectivity index (χ3v) is 8.64. The molecule has 7 rings (SSSR count). The van der Waals surface area contributed by atoms with Gasteiger partial charge in [0.15, 0.2) is 0 Å². The molecule has 3 aromatic carbocycles. The van der Waals surface area contributed by atoms with E-state index in [-0.39, 0.29) is 11.2 Å².